The van der Waals surface area contributed by atoms with Crippen molar-refractivity contribution < 1.29 is 0 Å². The van der Waals surface area contributed by atoms with Crippen LogP contribution in [-0.4, -0.2) is 11.0 Å². The monoisotopic (exact) mass is 236 g/mol. The fourth-order valence-corrected chi connectivity index (χ4v) is 2.02. The molecule has 0 radical (unpaired) electrons. The summed E-state index contributed by atoms with van der Waals surface area (Å²) in [5.41, 5.74) is 3.66. The third kappa shape index (κ3) is 2.23. The van der Waals surface area contributed by atoms with Crippen molar-refractivity contribution in [3.63, 3.8) is 0 Å². The molecule has 0 saturated heterocycles. The summed E-state index contributed by atoms with van der Waals surface area (Å²) in [4.78, 5) is 3.41. The first-order chi connectivity index (χ1) is 7.58. The average Bonchev–Trinajstić information content (AvgIpc) is 2.52. The third-order valence-corrected chi connectivity index (χ3v) is 3.05. The van der Waals surface area contributed by atoms with Gasteiger partial charge in [0.1, 0.15) is 0 Å². The van der Waals surface area contributed by atoms with Gasteiger partial charge in [-0.25, -0.2) is 0 Å². The molecule has 1 aromatic heterocycles. The van der Waals surface area contributed by atoms with Crippen molar-refractivity contribution in [1.29, 1.82) is 0 Å². The highest BCUT2D eigenvalue weighted by molar-refractivity contribution is 6.31. The van der Waals surface area contributed by atoms with Crippen molar-refractivity contribution in [2.75, 3.05) is 0 Å². The number of aromatic nitrogens is 1. The largest absolute Gasteiger partial charge is 0.357 e. The Hall–Kier alpha value is -0.990. The predicted octanol–water partition coefficient (Wildman–Crippen LogP) is 3.63. The maximum atomic E-state index is 5.97. The summed E-state index contributed by atoms with van der Waals surface area (Å²) >= 11 is 5.97. The molecule has 16 heavy (non-hydrogen) atoms. The zero-order chi connectivity index (χ0) is 11.7. The van der Waals surface area contributed by atoms with Crippen LogP contribution in [0.15, 0.2) is 18.2 Å². The zero-order valence-corrected chi connectivity index (χ0v) is 10.7. The van der Waals surface area contributed by atoms with Gasteiger partial charge < -0.3 is 10.3 Å². The molecule has 1 aromatic carbocycles. The Morgan fingerprint density at radius 3 is 2.81 bits per heavy atom. The lowest BCUT2D eigenvalue weighted by Crippen LogP contribution is -2.22. The van der Waals surface area contributed by atoms with Crippen molar-refractivity contribution >= 4 is 22.5 Å². The second-order valence-electron chi connectivity index (χ2n) is 4.45. The number of aryl methyl sites for hydroxylation is 1. The Morgan fingerprint density at radius 2 is 2.12 bits per heavy atom. The summed E-state index contributed by atoms with van der Waals surface area (Å²) in [5, 5.41) is 5.44. The molecular weight excluding hydrogens is 220 g/mol. The lowest BCUT2D eigenvalue weighted by molar-refractivity contribution is 0.582. The van der Waals surface area contributed by atoms with Crippen molar-refractivity contribution in [3.05, 3.63) is 34.5 Å². The second kappa shape index (κ2) is 4.48. The average molecular weight is 237 g/mol. The number of H-pyrrole nitrogens is 1. The molecule has 2 aromatic rings. The predicted molar refractivity (Wildman–Crippen MR) is 70.0 cm³/mol. The van der Waals surface area contributed by atoms with E-state index in [0.717, 1.165) is 17.1 Å². The van der Waals surface area contributed by atoms with Crippen molar-refractivity contribution in [2.24, 2.45) is 0 Å². The van der Waals surface area contributed by atoms with Gasteiger partial charge in [0, 0.05) is 34.2 Å². The van der Waals surface area contributed by atoms with E-state index in [9.17, 15) is 0 Å². The molecule has 1 heterocycles. The van der Waals surface area contributed by atoms with E-state index in [2.05, 4.69) is 37.1 Å². The molecule has 86 valence electrons. The normalized spacial score (nSPS) is 11.6. The Morgan fingerprint density at radius 1 is 1.38 bits per heavy atom. The maximum Gasteiger partial charge on any atom is 0.0474 e. The van der Waals surface area contributed by atoms with Gasteiger partial charge in [-0.05, 0) is 24.6 Å². The standard InChI is InChI=1S/C13H17ClN2/c1-8(2)15-7-13-9(3)11-5-4-10(14)6-12(11)16-13/h4-6,8,15-16H,7H2,1-3H3. The number of hydrogen-bond donors (Lipinski definition) is 2. The van der Waals surface area contributed by atoms with E-state index in [-0.39, 0.29) is 0 Å². The van der Waals surface area contributed by atoms with Crippen molar-refractivity contribution in [1.82, 2.24) is 10.3 Å². The molecule has 0 aliphatic carbocycles. The van der Waals surface area contributed by atoms with Crippen LogP contribution >= 0.6 is 11.6 Å². The lowest BCUT2D eigenvalue weighted by Gasteiger charge is -2.07. The van der Waals surface area contributed by atoms with E-state index in [1.54, 1.807) is 0 Å². The van der Waals surface area contributed by atoms with Gasteiger partial charge in [0.05, 0.1) is 0 Å². The van der Waals surface area contributed by atoms with Crippen LogP contribution in [0.3, 0.4) is 0 Å². The maximum absolute atomic E-state index is 5.97. The van der Waals surface area contributed by atoms with Crippen LogP contribution in [0.1, 0.15) is 25.1 Å². The molecule has 2 nitrogen and oxygen atoms in total. The second-order valence-corrected chi connectivity index (χ2v) is 4.89. The third-order valence-electron chi connectivity index (χ3n) is 2.81. The Balaban J connectivity index is 2.36. The van der Waals surface area contributed by atoms with E-state index < -0.39 is 0 Å². The molecule has 3 heteroatoms. The number of halogens is 1. The van der Waals surface area contributed by atoms with Crippen LogP contribution in [0.4, 0.5) is 0 Å². The minimum Gasteiger partial charge on any atom is -0.357 e. The molecule has 2 N–H and O–H groups in total. The minimum atomic E-state index is 0.495. The number of benzene rings is 1. The van der Waals surface area contributed by atoms with E-state index in [4.69, 9.17) is 11.6 Å². The van der Waals surface area contributed by atoms with Gasteiger partial charge in [-0.3, -0.25) is 0 Å². The van der Waals surface area contributed by atoms with Crippen LogP contribution in [0.5, 0.6) is 0 Å². The first-order valence-electron chi connectivity index (χ1n) is 5.58. The van der Waals surface area contributed by atoms with Gasteiger partial charge in [0.2, 0.25) is 0 Å². The highest BCUT2D eigenvalue weighted by atomic mass is 35.5. The van der Waals surface area contributed by atoms with Crippen LogP contribution < -0.4 is 5.32 Å². The first-order valence-corrected chi connectivity index (χ1v) is 5.96. The molecule has 0 spiro atoms. The van der Waals surface area contributed by atoms with Gasteiger partial charge >= 0.3 is 0 Å². The van der Waals surface area contributed by atoms with Gasteiger partial charge in [-0.15, -0.1) is 0 Å². The summed E-state index contributed by atoms with van der Waals surface area (Å²) in [5.74, 6) is 0. The molecule has 2 rings (SSSR count). The topological polar surface area (TPSA) is 27.8 Å². The molecule has 0 unspecified atom stereocenters. The number of fused-ring (bicyclic) bond motifs is 1. The number of rotatable bonds is 3. The van der Waals surface area contributed by atoms with Gasteiger partial charge in [0.15, 0.2) is 0 Å². The lowest BCUT2D eigenvalue weighted by atomic mass is 10.1. The van der Waals surface area contributed by atoms with Crippen LogP contribution in [0, 0.1) is 6.92 Å². The first kappa shape index (κ1) is 11.5. The van der Waals surface area contributed by atoms with Gasteiger partial charge in [-0.1, -0.05) is 31.5 Å². The molecule has 0 amide bonds. The zero-order valence-electron chi connectivity index (χ0n) is 9.89. The molecule has 0 aliphatic heterocycles. The smallest absolute Gasteiger partial charge is 0.0474 e. The van der Waals surface area contributed by atoms with Crippen LogP contribution in [0.2, 0.25) is 5.02 Å². The fourth-order valence-electron chi connectivity index (χ4n) is 1.85. The van der Waals surface area contributed by atoms with Gasteiger partial charge in [-0.2, -0.15) is 0 Å². The number of nitrogens with one attached hydrogen (secondary N) is 2. The summed E-state index contributed by atoms with van der Waals surface area (Å²) in [6, 6.07) is 6.48. The molecule has 0 saturated carbocycles. The van der Waals surface area contributed by atoms with E-state index in [0.29, 0.717) is 6.04 Å². The Kier molecular flexibility index (Phi) is 3.22. The molecule has 0 atom stereocenters. The van der Waals surface area contributed by atoms with Crippen LogP contribution in [-0.2, 0) is 6.54 Å². The van der Waals surface area contributed by atoms with Crippen molar-refractivity contribution in [3.8, 4) is 0 Å². The Bertz CT molecular complexity index is 500. The highest BCUT2D eigenvalue weighted by Gasteiger charge is 2.07. The molecular formula is C13H17ClN2. The summed E-state index contributed by atoms with van der Waals surface area (Å²) < 4.78 is 0. The fraction of sp³-hybridized carbons (Fsp3) is 0.385. The van der Waals surface area contributed by atoms with Crippen LogP contribution in [0.25, 0.3) is 10.9 Å². The molecule has 0 bridgehead atoms. The number of aromatic amines is 1. The van der Waals surface area contributed by atoms with E-state index >= 15 is 0 Å². The SMILES string of the molecule is Cc1c(CNC(C)C)[nH]c2cc(Cl)ccc12. The quantitative estimate of drug-likeness (QED) is 0.837. The van der Waals surface area contributed by atoms with Gasteiger partial charge in [0.25, 0.3) is 0 Å². The number of hydrogen-bond acceptors (Lipinski definition) is 1. The van der Waals surface area contributed by atoms with Crippen molar-refractivity contribution in [2.45, 2.75) is 33.4 Å². The summed E-state index contributed by atoms with van der Waals surface area (Å²) in [6.07, 6.45) is 0. The van der Waals surface area contributed by atoms with E-state index in [1.807, 2.05) is 12.1 Å². The highest BCUT2D eigenvalue weighted by Crippen LogP contribution is 2.24. The molecule has 0 aliphatic rings. The Labute approximate surface area is 101 Å². The summed E-state index contributed by atoms with van der Waals surface area (Å²) in [7, 11) is 0. The van der Waals surface area contributed by atoms with E-state index in [1.165, 1.54) is 16.6 Å². The minimum absolute atomic E-state index is 0.495. The molecule has 0 fully saturated rings. The summed E-state index contributed by atoms with van der Waals surface area (Å²) in [6.45, 7) is 7.31.